The van der Waals surface area contributed by atoms with Crippen molar-refractivity contribution in [3.05, 3.63) is 45.0 Å². The predicted molar refractivity (Wildman–Crippen MR) is 116 cm³/mol. The summed E-state index contributed by atoms with van der Waals surface area (Å²) < 4.78 is 27.1. The summed E-state index contributed by atoms with van der Waals surface area (Å²) in [7, 11) is 0. The van der Waals surface area contributed by atoms with Crippen molar-refractivity contribution in [1.82, 2.24) is 19.0 Å². The van der Waals surface area contributed by atoms with Crippen molar-refractivity contribution in [2.24, 2.45) is 0 Å². The molecule has 1 fully saturated rings. The van der Waals surface area contributed by atoms with Gasteiger partial charge in [0.05, 0.1) is 19.3 Å². The Morgan fingerprint density at radius 1 is 1.22 bits per heavy atom. The van der Waals surface area contributed by atoms with Gasteiger partial charge in [-0.05, 0) is 39.8 Å². The minimum Gasteiger partial charge on any atom is -0.488 e. The van der Waals surface area contributed by atoms with Crippen LogP contribution in [0.1, 0.15) is 33.7 Å². The van der Waals surface area contributed by atoms with Gasteiger partial charge < -0.3 is 19.7 Å². The Bertz CT molecular complexity index is 1090. The van der Waals surface area contributed by atoms with E-state index in [2.05, 4.69) is 10.3 Å². The van der Waals surface area contributed by atoms with E-state index in [-0.39, 0.29) is 35.9 Å². The minimum atomic E-state index is -0.761. The molecule has 174 valence electrons. The van der Waals surface area contributed by atoms with E-state index in [4.69, 9.17) is 9.47 Å². The lowest BCUT2D eigenvalue weighted by molar-refractivity contribution is -0.135. The molecule has 2 heterocycles. The van der Waals surface area contributed by atoms with Gasteiger partial charge in [0.15, 0.2) is 11.6 Å². The second kappa shape index (κ2) is 9.94. The zero-order valence-corrected chi connectivity index (χ0v) is 18.6. The van der Waals surface area contributed by atoms with Gasteiger partial charge in [0.1, 0.15) is 6.54 Å². The van der Waals surface area contributed by atoms with Gasteiger partial charge in [-0.1, -0.05) is 0 Å². The van der Waals surface area contributed by atoms with E-state index in [1.807, 2.05) is 0 Å². The van der Waals surface area contributed by atoms with Crippen LogP contribution in [0.5, 0.6) is 5.75 Å². The van der Waals surface area contributed by atoms with Crippen LogP contribution >= 0.6 is 0 Å². The van der Waals surface area contributed by atoms with Gasteiger partial charge in [0, 0.05) is 30.9 Å². The van der Waals surface area contributed by atoms with E-state index in [0.717, 1.165) is 9.13 Å². The standard InChI is InChI=1S/C21H28FN5O5/c1-13(2)27-20(29)24-19(23-15-5-6-17(16(22)11-15)32-14(3)4)26(21(27)30)12-18(28)25-7-9-31-10-8-25/h5-6,11,13-14H,7-10,12H2,1-4H3,(H,23,24,29). The van der Waals surface area contributed by atoms with Crippen LogP contribution < -0.4 is 21.4 Å². The van der Waals surface area contributed by atoms with Crippen molar-refractivity contribution in [2.75, 3.05) is 31.6 Å². The van der Waals surface area contributed by atoms with Crippen molar-refractivity contribution in [1.29, 1.82) is 0 Å². The summed E-state index contributed by atoms with van der Waals surface area (Å²) in [5, 5.41) is 2.80. The number of ether oxygens (including phenoxy) is 2. The highest BCUT2D eigenvalue weighted by Crippen LogP contribution is 2.23. The number of aromatic nitrogens is 3. The smallest absolute Gasteiger partial charge is 0.355 e. The number of rotatable bonds is 7. The maximum atomic E-state index is 14.4. The third kappa shape index (κ3) is 5.34. The van der Waals surface area contributed by atoms with Crippen LogP contribution in [0.15, 0.2) is 27.8 Å². The SMILES string of the molecule is CC(C)Oc1ccc(Nc2nc(=O)n(C(C)C)c(=O)n2CC(=O)N2CCOCC2)cc1F. The van der Waals surface area contributed by atoms with E-state index >= 15 is 0 Å². The first-order chi connectivity index (χ1) is 15.2. The molecular weight excluding hydrogens is 421 g/mol. The van der Waals surface area contributed by atoms with E-state index in [9.17, 15) is 18.8 Å². The predicted octanol–water partition coefficient (Wildman–Crippen LogP) is 1.51. The summed E-state index contributed by atoms with van der Waals surface area (Å²) in [6.45, 7) is 8.25. The quantitative estimate of drug-likeness (QED) is 0.683. The largest absolute Gasteiger partial charge is 0.488 e. The fraction of sp³-hybridized carbons (Fsp3) is 0.524. The third-order valence-corrected chi connectivity index (χ3v) is 4.82. The number of anilines is 2. The second-order valence-electron chi connectivity index (χ2n) is 7.98. The molecule has 0 radical (unpaired) electrons. The molecule has 0 unspecified atom stereocenters. The Balaban J connectivity index is 1.97. The monoisotopic (exact) mass is 449 g/mol. The third-order valence-electron chi connectivity index (χ3n) is 4.82. The molecule has 3 rings (SSSR count). The minimum absolute atomic E-state index is 0.0774. The first kappa shape index (κ1) is 23.5. The zero-order valence-electron chi connectivity index (χ0n) is 18.6. The molecule has 1 aliphatic rings. The molecule has 2 aromatic rings. The molecule has 0 aliphatic carbocycles. The van der Waals surface area contributed by atoms with E-state index in [1.54, 1.807) is 32.6 Å². The van der Waals surface area contributed by atoms with Crippen LogP contribution in [0.4, 0.5) is 16.0 Å². The second-order valence-corrected chi connectivity index (χ2v) is 7.98. The van der Waals surface area contributed by atoms with E-state index < -0.39 is 23.2 Å². The molecule has 1 aliphatic heterocycles. The average molecular weight is 449 g/mol. The molecule has 0 spiro atoms. The number of amides is 1. The summed E-state index contributed by atoms with van der Waals surface area (Å²) in [6.07, 6.45) is -0.204. The Morgan fingerprint density at radius 2 is 1.91 bits per heavy atom. The Hall–Kier alpha value is -3.21. The number of carbonyl (C=O) groups is 1. The Morgan fingerprint density at radius 3 is 2.50 bits per heavy atom. The summed E-state index contributed by atoms with van der Waals surface area (Å²) in [6, 6.07) is 3.70. The Labute approximate surface area is 184 Å². The van der Waals surface area contributed by atoms with E-state index in [1.165, 1.54) is 18.2 Å². The van der Waals surface area contributed by atoms with Gasteiger partial charge in [0.25, 0.3) is 0 Å². The molecule has 1 amide bonds. The lowest BCUT2D eigenvalue weighted by Gasteiger charge is -2.27. The van der Waals surface area contributed by atoms with Crippen LogP contribution in [0.3, 0.4) is 0 Å². The van der Waals surface area contributed by atoms with Crippen molar-refractivity contribution < 1.29 is 18.7 Å². The molecule has 0 atom stereocenters. The molecule has 10 nitrogen and oxygen atoms in total. The van der Waals surface area contributed by atoms with Crippen LogP contribution in [0.2, 0.25) is 0 Å². The van der Waals surface area contributed by atoms with Crippen molar-refractivity contribution >= 4 is 17.5 Å². The van der Waals surface area contributed by atoms with Gasteiger partial charge >= 0.3 is 11.4 Å². The first-order valence-corrected chi connectivity index (χ1v) is 10.5. The molecule has 1 N–H and O–H groups in total. The van der Waals surface area contributed by atoms with Crippen LogP contribution in [-0.2, 0) is 16.1 Å². The molecule has 1 aromatic heterocycles. The number of morpholine rings is 1. The van der Waals surface area contributed by atoms with Gasteiger partial charge in [-0.25, -0.2) is 18.5 Å². The zero-order chi connectivity index (χ0) is 23.4. The number of nitrogens with zero attached hydrogens (tertiary/aromatic N) is 4. The number of halogens is 1. The van der Waals surface area contributed by atoms with Crippen LogP contribution in [0, 0.1) is 5.82 Å². The number of hydrogen-bond acceptors (Lipinski definition) is 7. The van der Waals surface area contributed by atoms with Crippen molar-refractivity contribution in [3.8, 4) is 5.75 Å². The number of nitrogens with one attached hydrogen (secondary N) is 1. The summed E-state index contributed by atoms with van der Waals surface area (Å²) in [5.74, 6) is -0.984. The fourth-order valence-electron chi connectivity index (χ4n) is 3.29. The van der Waals surface area contributed by atoms with Gasteiger partial charge in [-0.15, -0.1) is 0 Å². The fourth-order valence-corrected chi connectivity index (χ4v) is 3.29. The Kier molecular flexibility index (Phi) is 7.29. The number of carbonyl (C=O) groups excluding carboxylic acids is 1. The highest BCUT2D eigenvalue weighted by Gasteiger charge is 2.22. The van der Waals surface area contributed by atoms with Gasteiger partial charge in [-0.3, -0.25) is 9.36 Å². The molecule has 32 heavy (non-hydrogen) atoms. The molecule has 1 saturated heterocycles. The summed E-state index contributed by atoms with van der Waals surface area (Å²) in [5.41, 5.74) is -1.19. The molecule has 11 heteroatoms. The number of benzene rings is 1. The summed E-state index contributed by atoms with van der Waals surface area (Å²) >= 11 is 0. The van der Waals surface area contributed by atoms with Crippen LogP contribution in [0.25, 0.3) is 0 Å². The van der Waals surface area contributed by atoms with Crippen molar-refractivity contribution in [3.63, 3.8) is 0 Å². The maximum Gasteiger partial charge on any atom is 0.355 e. The van der Waals surface area contributed by atoms with Gasteiger partial charge in [-0.2, -0.15) is 4.98 Å². The molecule has 0 saturated carbocycles. The topological polar surface area (TPSA) is 108 Å². The van der Waals surface area contributed by atoms with Crippen LogP contribution in [-0.4, -0.2) is 57.3 Å². The molecule has 1 aromatic carbocycles. The molecule has 0 bridgehead atoms. The highest BCUT2D eigenvalue weighted by atomic mass is 19.1. The lowest BCUT2D eigenvalue weighted by Crippen LogP contribution is -2.47. The summed E-state index contributed by atoms with van der Waals surface area (Å²) in [4.78, 5) is 43.9. The lowest BCUT2D eigenvalue weighted by atomic mass is 10.3. The maximum absolute atomic E-state index is 14.4. The normalized spacial score (nSPS) is 14.2. The highest BCUT2D eigenvalue weighted by molar-refractivity contribution is 5.76. The molecular formula is C21H28FN5O5. The van der Waals surface area contributed by atoms with Gasteiger partial charge in [0.2, 0.25) is 11.9 Å². The average Bonchev–Trinajstić information content (AvgIpc) is 2.72. The number of hydrogen-bond donors (Lipinski definition) is 1. The first-order valence-electron chi connectivity index (χ1n) is 10.5. The van der Waals surface area contributed by atoms with Crippen molar-refractivity contribution in [2.45, 2.75) is 46.4 Å². The van der Waals surface area contributed by atoms with E-state index in [0.29, 0.717) is 26.3 Å².